The standard InChI is InChI=1S/C12H16BrClO3S/c1-3-12(13,18(16,17)4-2)11(15)9-5-7-10(14)8-6-9/h5-8,11,15H,3-4H2,1-2H3/t11-,12+/m1/s1. The minimum atomic E-state index is -3.43. The molecule has 0 saturated heterocycles. The average molecular weight is 356 g/mol. The molecule has 18 heavy (non-hydrogen) atoms. The second-order valence-electron chi connectivity index (χ2n) is 4.00. The van der Waals surface area contributed by atoms with E-state index in [9.17, 15) is 13.5 Å². The zero-order valence-electron chi connectivity index (χ0n) is 10.2. The highest BCUT2D eigenvalue weighted by Gasteiger charge is 2.45. The van der Waals surface area contributed by atoms with E-state index >= 15 is 0 Å². The van der Waals surface area contributed by atoms with Crippen molar-refractivity contribution in [1.29, 1.82) is 0 Å². The zero-order chi connectivity index (χ0) is 14.0. The number of halogens is 2. The highest BCUT2D eigenvalue weighted by atomic mass is 79.9. The fraction of sp³-hybridized carbons (Fsp3) is 0.500. The molecule has 0 fully saturated rings. The lowest BCUT2D eigenvalue weighted by atomic mass is 10.1. The molecule has 0 radical (unpaired) electrons. The van der Waals surface area contributed by atoms with Crippen LogP contribution in [0, 0.1) is 0 Å². The molecule has 0 bridgehead atoms. The van der Waals surface area contributed by atoms with Gasteiger partial charge in [-0.1, -0.05) is 53.5 Å². The van der Waals surface area contributed by atoms with Crippen molar-refractivity contribution in [3.8, 4) is 0 Å². The van der Waals surface area contributed by atoms with Crippen molar-refractivity contribution in [2.45, 2.75) is 30.0 Å². The van der Waals surface area contributed by atoms with E-state index in [2.05, 4.69) is 15.9 Å². The monoisotopic (exact) mass is 354 g/mol. The van der Waals surface area contributed by atoms with Crippen molar-refractivity contribution in [2.75, 3.05) is 5.75 Å². The van der Waals surface area contributed by atoms with Gasteiger partial charge in [-0.3, -0.25) is 0 Å². The first-order chi connectivity index (χ1) is 8.28. The van der Waals surface area contributed by atoms with Crippen LogP contribution >= 0.6 is 27.5 Å². The molecule has 1 rings (SSSR count). The normalized spacial score (nSPS) is 17.2. The van der Waals surface area contributed by atoms with E-state index < -0.39 is 19.6 Å². The molecule has 0 saturated carbocycles. The first-order valence-corrected chi connectivity index (χ1v) is 8.45. The first-order valence-electron chi connectivity index (χ1n) is 5.63. The molecule has 0 spiro atoms. The highest BCUT2D eigenvalue weighted by molar-refractivity contribution is 9.11. The van der Waals surface area contributed by atoms with E-state index in [-0.39, 0.29) is 12.2 Å². The molecule has 1 aromatic rings. The van der Waals surface area contributed by atoms with Gasteiger partial charge in [-0.25, -0.2) is 8.42 Å². The molecular weight excluding hydrogens is 340 g/mol. The number of aliphatic hydroxyl groups excluding tert-OH is 1. The summed E-state index contributed by atoms with van der Waals surface area (Å²) in [7, 11) is -3.43. The van der Waals surface area contributed by atoms with Crippen molar-refractivity contribution in [2.24, 2.45) is 0 Å². The van der Waals surface area contributed by atoms with Gasteiger partial charge in [-0.2, -0.15) is 0 Å². The molecule has 0 amide bonds. The molecule has 0 aromatic heterocycles. The summed E-state index contributed by atoms with van der Waals surface area (Å²) in [5, 5.41) is 10.9. The predicted molar refractivity (Wildman–Crippen MR) is 77.8 cm³/mol. The summed E-state index contributed by atoms with van der Waals surface area (Å²) in [5.74, 6) is -0.0310. The van der Waals surface area contributed by atoms with E-state index in [4.69, 9.17) is 11.6 Å². The second kappa shape index (κ2) is 5.90. The molecule has 1 N–H and O–H groups in total. The lowest BCUT2D eigenvalue weighted by Crippen LogP contribution is -2.39. The Balaban J connectivity index is 3.21. The van der Waals surface area contributed by atoms with E-state index in [1.54, 1.807) is 38.1 Å². The maximum atomic E-state index is 12.1. The van der Waals surface area contributed by atoms with Crippen molar-refractivity contribution >= 4 is 37.4 Å². The number of hydrogen-bond donors (Lipinski definition) is 1. The summed E-state index contributed by atoms with van der Waals surface area (Å²) in [6.45, 7) is 3.29. The summed E-state index contributed by atoms with van der Waals surface area (Å²) in [6.07, 6.45) is -0.864. The fourth-order valence-electron chi connectivity index (χ4n) is 1.72. The molecule has 0 aliphatic rings. The molecule has 102 valence electrons. The Morgan fingerprint density at radius 1 is 1.33 bits per heavy atom. The van der Waals surface area contributed by atoms with Crippen molar-refractivity contribution in [3.05, 3.63) is 34.9 Å². The van der Waals surface area contributed by atoms with E-state index in [0.717, 1.165) is 0 Å². The molecule has 0 aliphatic carbocycles. The van der Waals surface area contributed by atoms with Gasteiger partial charge < -0.3 is 5.11 Å². The summed E-state index contributed by atoms with van der Waals surface area (Å²) >= 11 is 8.99. The second-order valence-corrected chi connectivity index (χ2v) is 8.91. The van der Waals surface area contributed by atoms with Crippen LogP contribution in [0.25, 0.3) is 0 Å². The van der Waals surface area contributed by atoms with Gasteiger partial charge in [0.05, 0.1) is 0 Å². The molecule has 0 unspecified atom stereocenters. The van der Waals surface area contributed by atoms with E-state index in [0.29, 0.717) is 10.6 Å². The van der Waals surface area contributed by atoms with Crippen molar-refractivity contribution in [1.82, 2.24) is 0 Å². The Hall–Kier alpha value is -0.100. The Morgan fingerprint density at radius 3 is 2.22 bits per heavy atom. The predicted octanol–water partition coefficient (Wildman–Crippen LogP) is 3.31. The molecule has 0 aliphatic heterocycles. The largest absolute Gasteiger partial charge is 0.386 e. The number of rotatable bonds is 5. The van der Waals surface area contributed by atoms with Gasteiger partial charge in [0.1, 0.15) is 6.10 Å². The molecular formula is C12H16BrClO3S. The molecule has 3 nitrogen and oxygen atoms in total. The highest BCUT2D eigenvalue weighted by Crippen LogP contribution is 2.42. The third kappa shape index (κ3) is 2.90. The molecule has 2 atom stereocenters. The van der Waals surface area contributed by atoms with Crippen molar-refractivity contribution < 1.29 is 13.5 Å². The van der Waals surface area contributed by atoms with Crippen LogP contribution in [0.2, 0.25) is 5.02 Å². The number of benzene rings is 1. The summed E-state index contributed by atoms with van der Waals surface area (Å²) in [5.41, 5.74) is 0.523. The lowest BCUT2D eigenvalue weighted by molar-refractivity contribution is 0.160. The lowest BCUT2D eigenvalue weighted by Gasteiger charge is -2.31. The SMILES string of the molecule is CC[C@@](Br)([C@H](O)c1ccc(Cl)cc1)S(=O)(=O)CC. The zero-order valence-corrected chi connectivity index (χ0v) is 13.4. The maximum Gasteiger partial charge on any atom is 0.168 e. The molecule has 1 aromatic carbocycles. The average Bonchev–Trinajstić information content (AvgIpc) is 2.37. The summed E-state index contributed by atoms with van der Waals surface area (Å²) < 4.78 is 22.8. The number of alkyl halides is 1. The summed E-state index contributed by atoms with van der Waals surface area (Å²) in [6, 6.07) is 6.51. The minimum Gasteiger partial charge on any atom is -0.386 e. The van der Waals surface area contributed by atoms with Gasteiger partial charge in [0, 0.05) is 10.8 Å². The quantitative estimate of drug-likeness (QED) is 0.824. The first kappa shape index (κ1) is 16.0. The van der Waals surface area contributed by atoms with Crippen LogP contribution in [0.1, 0.15) is 31.9 Å². The fourth-order valence-corrected chi connectivity index (χ4v) is 4.19. The smallest absolute Gasteiger partial charge is 0.168 e. The van der Waals surface area contributed by atoms with Gasteiger partial charge in [-0.15, -0.1) is 0 Å². The Kier molecular flexibility index (Phi) is 5.23. The van der Waals surface area contributed by atoms with E-state index in [1.807, 2.05) is 0 Å². The Labute approximate surface area is 121 Å². The van der Waals surface area contributed by atoms with Crippen LogP contribution in [0.15, 0.2) is 24.3 Å². The van der Waals surface area contributed by atoms with Gasteiger partial charge in [0.2, 0.25) is 0 Å². The Bertz CT molecular complexity index is 501. The van der Waals surface area contributed by atoms with Crippen LogP contribution in [0.3, 0.4) is 0 Å². The Morgan fingerprint density at radius 2 is 1.83 bits per heavy atom. The topological polar surface area (TPSA) is 54.4 Å². The van der Waals surface area contributed by atoms with Crippen LogP contribution in [-0.2, 0) is 9.84 Å². The van der Waals surface area contributed by atoms with E-state index in [1.165, 1.54) is 0 Å². The number of hydrogen-bond acceptors (Lipinski definition) is 3. The maximum absolute atomic E-state index is 12.1. The van der Waals surface area contributed by atoms with Gasteiger partial charge >= 0.3 is 0 Å². The van der Waals surface area contributed by atoms with Gasteiger partial charge in [0.25, 0.3) is 0 Å². The van der Waals surface area contributed by atoms with Crippen LogP contribution in [-0.4, -0.2) is 22.9 Å². The summed E-state index contributed by atoms with van der Waals surface area (Å²) in [4.78, 5) is 0. The molecule has 6 heteroatoms. The van der Waals surface area contributed by atoms with Crippen LogP contribution in [0.4, 0.5) is 0 Å². The minimum absolute atomic E-state index is 0.0310. The number of aliphatic hydroxyl groups is 1. The van der Waals surface area contributed by atoms with Crippen LogP contribution < -0.4 is 0 Å². The molecule has 0 heterocycles. The van der Waals surface area contributed by atoms with Gasteiger partial charge in [-0.05, 0) is 24.1 Å². The van der Waals surface area contributed by atoms with Crippen molar-refractivity contribution in [3.63, 3.8) is 0 Å². The third-order valence-electron chi connectivity index (χ3n) is 2.97. The third-order valence-corrected chi connectivity index (χ3v) is 8.01. The van der Waals surface area contributed by atoms with Gasteiger partial charge in [0.15, 0.2) is 13.5 Å². The van der Waals surface area contributed by atoms with Crippen LogP contribution in [0.5, 0.6) is 0 Å². The number of sulfone groups is 1.